The van der Waals surface area contributed by atoms with Crippen LogP contribution in [0.2, 0.25) is 0 Å². The standard InChI is InChI=1S/C25H29N5O4.ClH/c1-13-19(25(31)30-16-6-4-15(26)5-7-16)21-23(29-13)22(28-11-27-21)20-17(32-10-14-2-3-14)8-9-18-24(20)34-12-33-18;/h8-9,11,14-16,29H,2-7,10,12,26H2,1H3,(H,30,31);1H/t15-,16+;. The summed E-state index contributed by atoms with van der Waals surface area (Å²) >= 11 is 0. The van der Waals surface area contributed by atoms with Crippen molar-refractivity contribution in [1.29, 1.82) is 0 Å². The maximum absolute atomic E-state index is 13.3. The highest BCUT2D eigenvalue weighted by Crippen LogP contribution is 2.48. The summed E-state index contributed by atoms with van der Waals surface area (Å²) in [4.78, 5) is 25.7. The number of H-pyrrole nitrogens is 1. The van der Waals surface area contributed by atoms with Crippen molar-refractivity contribution in [2.75, 3.05) is 13.4 Å². The first-order chi connectivity index (χ1) is 16.6. The Balaban J connectivity index is 0.00000253. The number of nitrogens with zero attached hydrogens (tertiary/aromatic N) is 2. The van der Waals surface area contributed by atoms with Gasteiger partial charge >= 0.3 is 0 Å². The van der Waals surface area contributed by atoms with E-state index < -0.39 is 0 Å². The van der Waals surface area contributed by atoms with Gasteiger partial charge in [0.2, 0.25) is 6.79 Å². The predicted octanol–water partition coefficient (Wildman–Crippen LogP) is 3.87. The van der Waals surface area contributed by atoms with Crippen LogP contribution in [0.25, 0.3) is 22.3 Å². The first-order valence-corrected chi connectivity index (χ1v) is 12.0. The second-order valence-corrected chi connectivity index (χ2v) is 9.58. The van der Waals surface area contributed by atoms with E-state index in [2.05, 4.69) is 20.3 Å². The molecule has 1 aromatic carbocycles. The van der Waals surface area contributed by atoms with Crippen LogP contribution in [-0.4, -0.2) is 46.3 Å². The van der Waals surface area contributed by atoms with Crippen molar-refractivity contribution in [2.45, 2.75) is 57.5 Å². The number of aryl methyl sites for hydroxylation is 1. The molecule has 2 aliphatic carbocycles. The molecule has 1 amide bonds. The van der Waals surface area contributed by atoms with Crippen molar-refractivity contribution >= 4 is 29.3 Å². The van der Waals surface area contributed by atoms with E-state index in [1.54, 1.807) is 0 Å². The number of fused-ring (bicyclic) bond motifs is 2. The van der Waals surface area contributed by atoms with Gasteiger partial charge < -0.3 is 30.2 Å². The van der Waals surface area contributed by atoms with Gasteiger partial charge in [-0.3, -0.25) is 4.79 Å². The zero-order valence-corrected chi connectivity index (χ0v) is 20.5. The van der Waals surface area contributed by atoms with Crippen molar-refractivity contribution in [2.24, 2.45) is 11.7 Å². The van der Waals surface area contributed by atoms with E-state index in [1.807, 2.05) is 19.1 Å². The minimum atomic E-state index is -0.128. The van der Waals surface area contributed by atoms with Gasteiger partial charge in [0, 0.05) is 17.8 Å². The highest BCUT2D eigenvalue weighted by atomic mass is 35.5. The number of aromatic nitrogens is 3. The number of hydrogen-bond acceptors (Lipinski definition) is 7. The molecular weight excluding hydrogens is 470 g/mol. The Bertz CT molecular complexity index is 1250. The SMILES string of the molecule is Cc1[nH]c2c(-c3c(OCC4CC4)ccc4c3OCO4)ncnc2c1C(=O)N[C@H]1CC[C@@H](N)CC1.Cl. The number of nitrogens with one attached hydrogen (secondary N) is 2. The lowest BCUT2D eigenvalue weighted by Gasteiger charge is -2.26. The van der Waals surface area contributed by atoms with Crippen molar-refractivity contribution in [3.8, 4) is 28.5 Å². The molecule has 3 aromatic rings. The molecule has 3 heterocycles. The Labute approximate surface area is 209 Å². The Hall–Kier alpha value is -3.04. The summed E-state index contributed by atoms with van der Waals surface area (Å²) in [6, 6.07) is 4.12. The number of amides is 1. The van der Waals surface area contributed by atoms with Crippen LogP contribution in [0.3, 0.4) is 0 Å². The Kier molecular flexibility index (Phi) is 6.46. The Morgan fingerprint density at radius 3 is 2.74 bits per heavy atom. The molecular formula is C25H30ClN5O4. The van der Waals surface area contributed by atoms with Gasteiger partial charge in [-0.25, -0.2) is 9.97 Å². The van der Waals surface area contributed by atoms with Crippen molar-refractivity contribution < 1.29 is 19.0 Å². The Morgan fingerprint density at radius 2 is 1.97 bits per heavy atom. The van der Waals surface area contributed by atoms with Crippen LogP contribution >= 0.6 is 12.4 Å². The molecule has 6 rings (SSSR count). The molecule has 3 aliphatic rings. The molecule has 0 spiro atoms. The summed E-state index contributed by atoms with van der Waals surface area (Å²) in [5, 5.41) is 3.18. The molecule has 1 aliphatic heterocycles. The third-order valence-electron chi connectivity index (χ3n) is 7.01. The Morgan fingerprint density at radius 1 is 1.17 bits per heavy atom. The minimum Gasteiger partial charge on any atom is -0.492 e. The lowest BCUT2D eigenvalue weighted by molar-refractivity contribution is 0.0927. The van der Waals surface area contributed by atoms with Gasteiger partial charge in [0.05, 0.1) is 23.3 Å². The van der Waals surface area contributed by atoms with Crippen LogP contribution in [-0.2, 0) is 0 Å². The highest BCUT2D eigenvalue weighted by molar-refractivity contribution is 6.09. The van der Waals surface area contributed by atoms with Crippen molar-refractivity contribution in [1.82, 2.24) is 20.3 Å². The zero-order chi connectivity index (χ0) is 23.2. The molecule has 4 N–H and O–H groups in total. The third kappa shape index (κ3) is 4.50. The number of nitrogens with two attached hydrogens (primary N) is 1. The molecule has 2 fully saturated rings. The van der Waals surface area contributed by atoms with Gasteiger partial charge in [0.1, 0.15) is 23.3 Å². The summed E-state index contributed by atoms with van der Waals surface area (Å²) in [7, 11) is 0. The van der Waals surface area contributed by atoms with Gasteiger partial charge in [-0.2, -0.15) is 0 Å². The fraction of sp³-hybridized carbons (Fsp3) is 0.480. The smallest absolute Gasteiger partial charge is 0.255 e. The number of benzene rings is 1. The number of ether oxygens (including phenoxy) is 3. The van der Waals surface area contributed by atoms with E-state index in [-0.39, 0.29) is 37.2 Å². The highest BCUT2D eigenvalue weighted by Gasteiger charge is 2.30. The molecule has 10 heteroatoms. The van der Waals surface area contributed by atoms with Crippen LogP contribution in [0, 0.1) is 12.8 Å². The maximum atomic E-state index is 13.3. The average molecular weight is 500 g/mol. The van der Waals surface area contributed by atoms with Gasteiger partial charge in [-0.15, -0.1) is 12.4 Å². The number of carbonyl (C=O) groups is 1. The maximum Gasteiger partial charge on any atom is 0.255 e. The van der Waals surface area contributed by atoms with Gasteiger partial charge in [-0.1, -0.05) is 0 Å². The van der Waals surface area contributed by atoms with Crippen molar-refractivity contribution in [3.63, 3.8) is 0 Å². The summed E-state index contributed by atoms with van der Waals surface area (Å²) in [6.45, 7) is 2.69. The number of carbonyl (C=O) groups excluding carboxylic acids is 1. The topological polar surface area (TPSA) is 124 Å². The normalized spacial score (nSPS) is 21.0. The summed E-state index contributed by atoms with van der Waals surface area (Å²) in [6.07, 6.45) is 7.51. The molecule has 2 saturated carbocycles. The molecule has 0 atom stereocenters. The van der Waals surface area contributed by atoms with E-state index in [1.165, 1.54) is 19.2 Å². The molecule has 35 heavy (non-hydrogen) atoms. The van der Waals surface area contributed by atoms with E-state index in [0.29, 0.717) is 52.1 Å². The van der Waals surface area contributed by atoms with Crippen LogP contribution in [0.1, 0.15) is 54.6 Å². The molecule has 0 radical (unpaired) electrons. The molecule has 0 unspecified atom stereocenters. The van der Waals surface area contributed by atoms with E-state index >= 15 is 0 Å². The first-order valence-electron chi connectivity index (χ1n) is 12.0. The fourth-order valence-electron chi connectivity index (χ4n) is 4.90. The van der Waals surface area contributed by atoms with E-state index in [4.69, 9.17) is 19.9 Å². The van der Waals surface area contributed by atoms with E-state index in [9.17, 15) is 4.79 Å². The fourth-order valence-corrected chi connectivity index (χ4v) is 4.90. The minimum absolute atomic E-state index is 0. The van der Waals surface area contributed by atoms with Crippen LogP contribution in [0.15, 0.2) is 18.5 Å². The molecule has 0 bridgehead atoms. The summed E-state index contributed by atoms with van der Waals surface area (Å²) in [5.74, 6) is 2.41. The first kappa shape index (κ1) is 23.7. The number of halogens is 1. The predicted molar refractivity (Wildman–Crippen MR) is 133 cm³/mol. The monoisotopic (exact) mass is 499 g/mol. The molecule has 0 saturated heterocycles. The van der Waals surface area contributed by atoms with Crippen LogP contribution < -0.4 is 25.3 Å². The van der Waals surface area contributed by atoms with Gasteiger partial charge in [0.15, 0.2) is 11.5 Å². The largest absolute Gasteiger partial charge is 0.492 e. The van der Waals surface area contributed by atoms with E-state index in [0.717, 1.165) is 36.9 Å². The number of hydrogen-bond donors (Lipinski definition) is 3. The second kappa shape index (κ2) is 9.54. The summed E-state index contributed by atoms with van der Waals surface area (Å²) in [5.41, 5.74) is 9.91. The zero-order valence-electron chi connectivity index (χ0n) is 19.6. The molecule has 2 aromatic heterocycles. The number of aromatic amines is 1. The average Bonchev–Trinajstić information content (AvgIpc) is 3.42. The van der Waals surface area contributed by atoms with Gasteiger partial charge in [-0.05, 0) is 63.5 Å². The quantitative estimate of drug-likeness (QED) is 0.470. The molecule has 186 valence electrons. The third-order valence-corrected chi connectivity index (χ3v) is 7.01. The van der Waals surface area contributed by atoms with Crippen molar-refractivity contribution in [3.05, 3.63) is 29.7 Å². The lowest BCUT2D eigenvalue weighted by Crippen LogP contribution is -2.40. The second-order valence-electron chi connectivity index (χ2n) is 9.58. The number of rotatable bonds is 6. The molecule has 9 nitrogen and oxygen atoms in total. The lowest BCUT2D eigenvalue weighted by atomic mass is 9.91. The van der Waals surface area contributed by atoms with Gasteiger partial charge in [0.25, 0.3) is 5.91 Å². The van der Waals surface area contributed by atoms with Crippen LogP contribution in [0.5, 0.6) is 17.2 Å². The summed E-state index contributed by atoms with van der Waals surface area (Å²) < 4.78 is 17.6. The van der Waals surface area contributed by atoms with Crippen LogP contribution in [0.4, 0.5) is 0 Å².